The Hall–Kier alpha value is -10.3. The molecule has 0 radical (unpaired) electrons. The maximum atomic E-state index is 2.51. The zero-order chi connectivity index (χ0) is 58.5. The fourth-order valence-electron chi connectivity index (χ4n) is 16.0. The second-order valence-corrected chi connectivity index (χ2v) is 25.8. The molecule has 0 amide bonds. The molecule has 0 atom stereocenters. The lowest BCUT2D eigenvalue weighted by molar-refractivity contribution is 0.659. The molecule has 0 N–H and O–H groups in total. The van der Waals surface area contributed by atoms with Gasteiger partial charge in [0.25, 0.3) is 0 Å². The summed E-state index contributed by atoms with van der Waals surface area (Å²) in [7, 11) is 0. The predicted molar refractivity (Wildman–Crippen MR) is 365 cm³/mol. The molecule has 4 aliphatic rings. The van der Waals surface area contributed by atoms with Gasteiger partial charge in [-0.15, -0.1) is 0 Å². The Labute approximate surface area is 511 Å². The first-order valence-corrected chi connectivity index (χ1v) is 30.8. The van der Waals surface area contributed by atoms with Crippen LogP contribution in [0.4, 0.5) is 34.1 Å². The molecule has 0 saturated carbocycles. The average Bonchev–Trinajstić information content (AvgIpc) is 1.53. The number of nitrogens with zero attached hydrogens (tertiary/aromatic N) is 2. The van der Waals surface area contributed by atoms with Crippen molar-refractivity contribution in [2.45, 2.75) is 57.8 Å². The van der Waals surface area contributed by atoms with Crippen LogP contribution in [0.2, 0.25) is 0 Å². The summed E-state index contributed by atoms with van der Waals surface area (Å²) in [6, 6.07) is 106. The molecule has 87 heavy (non-hydrogen) atoms. The molecule has 414 valence electrons. The lowest BCUT2D eigenvalue weighted by Crippen LogP contribution is -2.26. The summed E-state index contributed by atoms with van der Waals surface area (Å²) in [6.45, 7) is 14.0. The molecule has 17 rings (SSSR count). The van der Waals surface area contributed by atoms with E-state index in [2.05, 4.69) is 330 Å². The molecule has 2 nitrogen and oxygen atoms in total. The summed E-state index contributed by atoms with van der Waals surface area (Å²) in [5, 5.41) is 2.42. The van der Waals surface area contributed by atoms with Crippen molar-refractivity contribution in [3.05, 3.63) is 335 Å². The van der Waals surface area contributed by atoms with Crippen molar-refractivity contribution in [3.63, 3.8) is 0 Å². The van der Waals surface area contributed by atoms with Gasteiger partial charge in [0.15, 0.2) is 0 Å². The molecule has 0 unspecified atom stereocenters. The summed E-state index contributed by atoms with van der Waals surface area (Å²) in [6.07, 6.45) is 0. The number of aryl methyl sites for hydroxylation is 2. The summed E-state index contributed by atoms with van der Waals surface area (Å²) in [5.74, 6) is 0. The minimum atomic E-state index is -0.464. The summed E-state index contributed by atoms with van der Waals surface area (Å²) < 4.78 is 0. The molecule has 0 heterocycles. The smallest absolute Gasteiger partial charge is 0.0726 e. The molecule has 0 aromatic heterocycles. The Morgan fingerprint density at radius 1 is 0.218 bits per heavy atom. The van der Waals surface area contributed by atoms with E-state index in [1.165, 1.54) is 128 Å². The van der Waals surface area contributed by atoms with Gasteiger partial charge in [-0.1, -0.05) is 245 Å². The molecule has 0 saturated heterocycles. The number of hydrogen-bond acceptors (Lipinski definition) is 2. The first-order valence-electron chi connectivity index (χ1n) is 30.8. The van der Waals surface area contributed by atoms with E-state index < -0.39 is 5.41 Å². The zero-order valence-electron chi connectivity index (χ0n) is 50.0. The van der Waals surface area contributed by atoms with E-state index >= 15 is 0 Å². The molecule has 0 bridgehead atoms. The first kappa shape index (κ1) is 51.2. The van der Waals surface area contributed by atoms with Crippen LogP contribution in [0, 0.1) is 13.8 Å². The molecular weight excluding hydrogens is 1050 g/mol. The van der Waals surface area contributed by atoms with Crippen LogP contribution in [-0.4, -0.2) is 0 Å². The lowest BCUT2D eigenvalue weighted by Gasteiger charge is -2.32. The van der Waals surface area contributed by atoms with Gasteiger partial charge in [-0.25, -0.2) is 0 Å². The van der Waals surface area contributed by atoms with Crippen molar-refractivity contribution in [2.24, 2.45) is 0 Å². The lowest BCUT2D eigenvalue weighted by atomic mass is 9.70. The number of benzene rings is 13. The molecule has 4 aliphatic carbocycles. The monoisotopic (exact) mass is 1110 g/mol. The minimum absolute atomic E-state index is 0.171. The van der Waals surface area contributed by atoms with Crippen molar-refractivity contribution < 1.29 is 0 Å². The van der Waals surface area contributed by atoms with Crippen LogP contribution in [0.15, 0.2) is 279 Å². The van der Waals surface area contributed by atoms with Crippen molar-refractivity contribution in [3.8, 4) is 66.8 Å². The highest BCUT2D eigenvalue weighted by atomic mass is 15.1. The average molecular weight is 1110 g/mol. The van der Waals surface area contributed by atoms with Gasteiger partial charge in [0.1, 0.15) is 0 Å². The highest BCUT2D eigenvalue weighted by Gasteiger charge is 2.52. The van der Waals surface area contributed by atoms with E-state index in [1.807, 2.05) is 0 Å². The normalized spacial score (nSPS) is 14.4. The molecule has 13 aromatic carbocycles. The Kier molecular flexibility index (Phi) is 11.1. The summed E-state index contributed by atoms with van der Waals surface area (Å²) in [5.41, 5.74) is 34.5. The second-order valence-electron chi connectivity index (χ2n) is 25.8. The fraction of sp³-hybridized carbons (Fsp3) is 0.106. The van der Waals surface area contributed by atoms with E-state index in [9.17, 15) is 0 Å². The largest absolute Gasteiger partial charge is 0.310 e. The van der Waals surface area contributed by atoms with E-state index in [1.54, 1.807) is 0 Å². The minimum Gasteiger partial charge on any atom is -0.310 e. The second kappa shape index (κ2) is 18.9. The van der Waals surface area contributed by atoms with Gasteiger partial charge in [0.2, 0.25) is 0 Å². The van der Waals surface area contributed by atoms with Crippen LogP contribution in [0.3, 0.4) is 0 Å². The Morgan fingerprint density at radius 3 is 1.09 bits per heavy atom. The standard InChI is InChI=1S/C85H64N2/c1-53-28-40-69-71-43-37-62(50-80(71)83(3,4)78(69)46-53)87(63-38-44-72-70-41-29-54(2)47-79(70)84(5,6)81(72)51-63)61-36-42-65(74(49-61)56-19-8-7-9-20-56)57-31-33-59(34-32-57)86(60-35-30-55-18-10-11-21-58(55)48-60)64-39-45-73-68-24-14-17-27-77(68)85(82(73)52-64)75-25-15-12-22-66(75)67-23-13-16-26-76(67)85/h7-52H,1-6H3. The summed E-state index contributed by atoms with van der Waals surface area (Å²) in [4.78, 5) is 4.98. The highest BCUT2D eigenvalue weighted by molar-refractivity contribution is 5.98. The van der Waals surface area contributed by atoms with Gasteiger partial charge < -0.3 is 9.80 Å². The van der Waals surface area contributed by atoms with Gasteiger partial charge in [-0.05, 0) is 209 Å². The van der Waals surface area contributed by atoms with E-state index in [0.29, 0.717) is 0 Å². The van der Waals surface area contributed by atoms with Crippen LogP contribution in [0.25, 0.3) is 77.5 Å². The predicted octanol–water partition coefficient (Wildman–Crippen LogP) is 22.7. The van der Waals surface area contributed by atoms with Gasteiger partial charge in [-0.2, -0.15) is 0 Å². The third-order valence-electron chi connectivity index (χ3n) is 20.2. The Balaban J connectivity index is 0.819. The van der Waals surface area contributed by atoms with Crippen molar-refractivity contribution in [1.29, 1.82) is 0 Å². The number of rotatable bonds is 8. The Morgan fingerprint density at radius 2 is 0.563 bits per heavy atom. The molecule has 0 aliphatic heterocycles. The Bertz CT molecular complexity index is 4840. The topological polar surface area (TPSA) is 6.48 Å². The number of hydrogen-bond donors (Lipinski definition) is 0. The van der Waals surface area contributed by atoms with Gasteiger partial charge in [0.05, 0.1) is 5.41 Å². The van der Waals surface area contributed by atoms with Crippen LogP contribution in [0.1, 0.15) is 83.3 Å². The molecule has 0 fully saturated rings. The van der Waals surface area contributed by atoms with Crippen molar-refractivity contribution in [1.82, 2.24) is 0 Å². The zero-order valence-corrected chi connectivity index (χ0v) is 50.0. The van der Waals surface area contributed by atoms with Crippen LogP contribution in [0.5, 0.6) is 0 Å². The number of fused-ring (bicyclic) bond motifs is 17. The van der Waals surface area contributed by atoms with Crippen LogP contribution >= 0.6 is 0 Å². The van der Waals surface area contributed by atoms with Gasteiger partial charge in [0, 0.05) is 45.0 Å². The van der Waals surface area contributed by atoms with E-state index in [-0.39, 0.29) is 10.8 Å². The molecule has 13 aromatic rings. The molecular formula is C85H64N2. The quantitative estimate of drug-likeness (QED) is 0.150. The fourth-order valence-corrected chi connectivity index (χ4v) is 16.0. The third-order valence-corrected chi connectivity index (χ3v) is 20.2. The maximum Gasteiger partial charge on any atom is 0.0726 e. The SMILES string of the molecule is Cc1ccc2c(c1)C(C)(C)c1cc(N(c3ccc(-c4ccc(N(c5ccc6c(c5)C5(c7ccccc7-c7ccccc75)c5ccccc5-6)c5ccc6ccccc6c5)cc4)c(-c4ccccc4)c3)c3ccc4c(c3)C(C)(C)c3cc(C)ccc3-4)ccc1-2. The molecule has 2 heteroatoms. The maximum absolute atomic E-state index is 2.51. The van der Waals surface area contributed by atoms with Gasteiger partial charge in [-0.3, -0.25) is 0 Å². The van der Waals surface area contributed by atoms with Crippen LogP contribution in [-0.2, 0) is 16.2 Å². The van der Waals surface area contributed by atoms with E-state index in [0.717, 1.165) is 39.7 Å². The highest BCUT2D eigenvalue weighted by Crippen LogP contribution is 2.64. The third kappa shape index (κ3) is 7.47. The van der Waals surface area contributed by atoms with Crippen molar-refractivity contribution >= 4 is 44.9 Å². The first-order chi connectivity index (χ1) is 42.4. The van der Waals surface area contributed by atoms with E-state index in [4.69, 9.17) is 0 Å². The number of anilines is 6. The van der Waals surface area contributed by atoms with Gasteiger partial charge >= 0.3 is 0 Å². The summed E-state index contributed by atoms with van der Waals surface area (Å²) >= 11 is 0. The van der Waals surface area contributed by atoms with Crippen molar-refractivity contribution in [2.75, 3.05) is 9.80 Å². The molecule has 1 spiro atoms. The van der Waals surface area contributed by atoms with Crippen LogP contribution < -0.4 is 9.80 Å².